The van der Waals surface area contributed by atoms with Gasteiger partial charge in [-0.2, -0.15) is 0 Å². The molecule has 96 valence electrons. The summed E-state index contributed by atoms with van der Waals surface area (Å²) in [5.74, 6) is 0.950. The van der Waals surface area contributed by atoms with Crippen molar-refractivity contribution in [2.45, 2.75) is 25.8 Å². The Morgan fingerprint density at radius 2 is 2.22 bits per heavy atom. The lowest BCUT2D eigenvalue weighted by molar-refractivity contribution is -0.117. The third-order valence-corrected chi connectivity index (χ3v) is 3.22. The fourth-order valence-corrected chi connectivity index (χ4v) is 2.22. The number of hydrogen-bond acceptors (Lipinski definition) is 3. The smallest absolute Gasteiger partial charge is 0.243 e. The normalized spacial score (nSPS) is 16.4. The summed E-state index contributed by atoms with van der Waals surface area (Å²) in [6.07, 6.45) is 3.24. The van der Waals surface area contributed by atoms with Crippen LogP contribution in [0, 0.1) is 6.92 Å². The van der Waals surface area contributed by atoms with E-state index in [1.54, 1.807) is 0 Å². The second-order valence-electron chi connectivity index (χ2n) is 4.61. The standard InChI is InChI=1S/C14H19N3O/c1-3-14(18)16-12-7-9-17(10-8-12)13-6-4-5-11(2)15-13/h3-6,12H,1,7-10H2,2H3,(H,16,18). The predicted molar refractivity (Wildman–Crippen MR) is 72.5 cm³/mol. The van der Waals surface area contributed by atoms with Crippen LogP contribution >= 0.6 is 0 Å². The summed E-state index contributed by atoms with van der Waals surface area (Å²) in [7, 11) is 0. The molecule has 1 N–H and O–H groups in total. The van der Waals surface area contributed by atoms with Crippen molar-refractivity contribution in [1.82, 2.24) is 10.3 Å². The van der Waals surface area contributed by atoms with Gasteiger partial charge in [0, 0.05) is 24.8 Å². The molecule has 0 bridgehead atoms. The molecule has 1 fully saturated rings. The summed E-state index contributed by atoms with van der Waals surface area (Å²) in [4.78, 5) is 18.0. The van der Waals surface area contributed by atoms with E-state index in [0.717, 1.165) is 37.4 Å². The van der Waals surface area contributed by atoms with Crippen molar-refractivity contribution in [3.63, 3.8) is 0 Å². The molecule has 2 heterocycles. The number of carbonyl (C=O) groups is 1. The summed E-state index contributed by atoms with van der Waals surface area (Å²) < 4.78 is 0. The van der Waals surface area contributed by atoms with Crippen LogP contribution in [0.5, 0.6) is 0 Å². The second-order valence-corrected chi connectivity index (χ2v) is 4.61. The summed E-state index contributed by atoms with van der Waals surface area (Å²) in [5, 5.41) is 2.95. The molecule has 0 atom stereocenters. The van der Waals surface area contributed by atoms with E-state index in [4.69, 9.17) is 0 Å². The molecule has 1 aromatic rings. The van der Waals surface area contributed by atoms with Crippen molar-refractivity contribution in [3.8, 4) is 0 Å². The minimum absolute atomic E-state index is 0.0814. The molecule has 1 saturated heterocycles. The fourth-order valence-electron chi connectivity index (χ4n) is 2.22. The Morgan fingerprint density at radius 1 is 1.50 bits per heavy atom. The molecule has 4 nitrogen and oxygen atoms in total. The summed E-state index contributed by atoms with van der Waals surface area (Å²) >= 11 is 0. The van der Waals surface area contributed by atoms with Gasteiger partial charge in [0.1, 0.15) is 5.82 Å². The van der Waals surface area contributed by atoms with Gasteiger partial charge >= 0.3 is 0 Å². The van der Waals surface area contributed by atoms with Crippen LogP contribution in [-0.4, -0.2) is 30.0 Å². The zero-order valence-electron chi connectivity index (χ0n) is 10.7. The number of nitrogens with zero attached hydrogens (tertiary/aromatic N) is 2. The van der Waals surface area contributed by atoms with Crippen molar-refractivity contribution in [3.05, 3.63) is 36.5 Å². The maximum Gasteiger partial charge on any atom is 0.243 e. The number of aromatic nitrogens is 1. The molecule has 1 aliphatic rings. The van der Waals surface area contributed by atoms with E-state index >= 15 is 0 Å². The summed E-state index contributed by atoms with van der Waals surface area (Å²) in [6, 6.07) is 6.33. The Hall–Kier alpha value is -1.84. The van der Waals surface area contributed by atoms with Crippen LogP contribution in [0.15, 0.2) is 30.9 Å². The first-order chi connectivity index (χ1) is 8.69. The highest BCUT2D eigenvalue weighted by molar-refractivity contribution is 5.87. The third-order valence-electron chi connectivity index (χ3n) is 3.22. The van der Waals surface area contributed by atoms with Crippen LogP contribution in [-0.2, 0) is 4.79 Å². The maximum atomic E-state index is 11.2. The average molecular weight is 245 g/mol. The monoisotopic (exact) mass is 245 g/mol. The number of anilines is 1. The molecule has 1 aromatic heterocycles. The van der Waals surface area contributed by atoms with E-state index in [9.17, 15) is 4.79 Å². The number of rotatable bonds is 3. The quantitative estimate of drug-likeness (QED) is 0.824. The van der Waals surface area contributed by atoms with E-state index in [2.05, 4.69) is 21.8 Å². The van der Waals surface area contributed by atoms with Gasteiger partial charge in [0.25, 0.3) is 0 Å². The number of nitrogens with one attached hydrogen (secondary N) is 1. The molecule has 0 unspecified atom stereocenters. The van der Waals surface area contributed by atoms with Crippen molar-refractivity contribution < 1.29 is 4.79 Å². The maximum absolute atomic E-state index is 11.2. The molecule has 4 heteroatoms. The summed E-state index contributed by atoms with van der Waals surface area (Å²) in [6.45, 7) is 7.32. The Labute approximate surface area is 108 Å². The van der Waals surface area contributed by atoms with Crippen LogP contribution in [0.25, 0.3) is 0 Å². The molecular weight excluding hydrogens is 226 g/mol. The number of carbonyl (C=O) groups excluding carboxylic acids is 1. The third kappa shape index (κ3) is 3.09. The SMILES string of the molecule is C=CC(=O)NC1CCN(c2cccc(C)n2)CC1. The fraction of sp³-hybridized carbons (Fsp3) is 0.429. The molecule has 0 saturated carbocycles. The molecule has 0 radical (unpaired) electrons. The van der Waals surface area contributed by atoms with Crippen molar-refractivity contribution in [2.75, 3.05) is 18.0 Å². The van der Waals surface area contributed by atoms with Gasteiger partial charge < -0.3 is 10.2 Å². The lowest BCUT2D eigenvalue weighted by Crippen LogP contribution is -2.44. The highest BCUT2D eigenvalue weighted by atomic mass is 16.1. The largest absolute Gasteiger partial charge is 0.356 e. The predicted octanol–water partition coefficient (Wildman–Crippen LogP) is 1.66. The second kappa shape index (κ2) is 5.67. The Morgan fingerprint density at radius 3 is 2.83 bits per heavy atom. The number of amides is 1. The first-order valence-electron chi connectivity index (χ1n) is 6.30. The first-order valence-corrected chi connectivity index (χ1v) is 6.30. The number of hydrogen-bond donors (Lipinski definition) is 1. The van der Waals surface area contributed by atoms with Gasteiger partial charge in [-0.15, -0.1) is 0 Å². The lowest BCUT2D eigenvalue weighted by atomic mass is 10.0. The van der Waals surface area contributed by atoms with E-state index in [1.807, 2.05) is 25.1 Å². The molecule has 0 spiro atoms. The van der Waals surface area contributed by atoms with Crippen LogP contribution in [0.4, 0.5) is 5.82 Å². The number of aryl methyl sites for hydroxylation is 1. The van der Waals surface area contributed by atoms with Gasteiger partial charge in [-0.3, -0.25) is 4.79 Å². The molecule has 0 aromatic carbocycles. The zero-order valence-corrected chi connectivity index (χ0v) is 10.7. The highest BCUT2D eigenvalue weighted by Crippen LogP contribution is 2.18. The molecule has 0 aliphatic carbocycles. The van der Waals surface area contributed by atoms with E-state index in [1.165, 1.54) is 6.08 Å². The van der Waals surface area contributed by atoms with Crippen molar-refractivity contribution in [2.24, 2.45) is 0 Å². The average Bonchev–Trinajstić information content (AvgIpc) is 2.39. The van der Waals surface area contributed by atoms with E-state index < -0.39 is 0 Å². The molecular formula is C14H19N3O. The minimum atomic E-state index is -0.0814. The Kier molecular flexibility index (Phi) is 3.97. The van der Waals surface area contributed by atoms with E-state index in [-0.39, 0.29) is 11.9 Å². The Balaban J connectivity index is 1.90. The molecule has 1 aliphatic heterocycles. The zero-order chi connectivity index (χ0) is 13.0. The van der Waals surface area contributed by atoms with Gasteiger partial charge in [-0.05, 0) is 38.0 Å². The van der Waals surface area contributed by atoms with Gasteiger partial charge in [0.05, 0.1) is 0 Å². The molecule has 18 heavy (non-hydrogen) atoms. The van der Waals surface area contributed by atoms with Crippen LogP contribution in [0.3, 0.4) is 0 Å². The minimum Gasteiger partial charge on any atom is -0.356 e. The van der Waals surface area contributed by atoms with E-state index in [0.29, 0.717) is 0 Å². The summed E-state index contributed by atoms with van der Waals surface area (Å²) in [5.41, 5.74) is 1.04. The van der Waals surface area contributed by atoms with Crippen LogP contribution in [0.1, 0.15) is 18.5 Å². The number of piperidine rings is 1. The van der Waals surface area contributed by atoms with Gasteiger partial charge in [-0.25, -0.2) is 4.98 Å². The lowest BCUT2D eigenvalue weighted by Gasteiger charge is -2.33. The van der Waals surface area contributed by atoms with Gasteiger partial charge in [-0.1, -0.05) is 12.6 Å². The molecule has 1 amide bonds. The topological polar surface area (TPSA) is 45.2 Å². The van der Waals surface area contributed by atoms with Gasteiger partial charge in [0.15, 0.2) is 0 Å². The Bertz CT molecular complexity index is 436. The van der Waals surface area contributed by atoms with Crippen LogP contribution in [0.2, 0.25) is 0 Å². The first kappa shape index (κ1) is 12.6. The number of pyridine rings is 1. The van der Waals surface area contributed by atoms with Gasteiger partial charge in [0.2, 0.25) is 5.91 Å². The molecule has 2 rings (SSSR count). The van der Waals surface area contributed by atoms with Crippen molar-refractivity contribution in [1.29, 1.82) is 0 Å². The van der Waals surface area contributed by atoms with Crippen molar-refractivity contribution >= 4 is 11.7 Å². The highest BCUT2D eigenvalue weighted by Gasteiger charge is 2.20. The van der Waals surface area contributed by atoms with Crippen LogP contribution < -0.4 is 10.2 Å².